The first-order valence-corrected chi connectivity index (χ1v) is 13.6. The van der Waals surface area contributed by atoms with Gasteiger partial charge in [-0.2, -0.15) is 0 Å². The van der Waals surface area contributed by atoms with Gasteiger partial charge < -0.3 is 19.5 Å². The number of carboxylic acid groups (broad SMARTS) is 1. The highest BCUT2D eigenvalue weighted by Crippen LogP contribution is 2.39. The molecule has 0 aliphatic carbocycles. The molecule has 1 fully saturated rings. The van der Waals surface area contributed by atoms with E-state index in [9.17, 15) is 9.90 Å². The van der Waals surface area contributed by atoms with Crippen LogP contribution in [-0.2, 0) is 0 Å². The van der Waals surface area contributed by atoms with Crippen LogP contribution in [0.5, 0.6) is 11.5 Å². The summed E-state index contributed by atoms with van der Waals surface area (Å²) in [7, 11) is 2.11. The first-order chi connectivity index (χ1) is 17.3. The molecule has 10 heteroatoms. The van der Waals surface area contributed by atoms with Gasteiger partial charge in [0.25, 0.3) is 0 Å². The standard InChI is InChI=1S/C26H25BrClN3O4S/c1-15(18-4-3-5-21(24(18)28)35-17-8-10-30(2)11-9-17)34-22-13-23(36-25(22)26(32)33)31-14-29-19-12-16(27)6-7-20(19)31/h3-7,12-15,17H,8-11H2,1-2H3,(H,32,33)/t15-/m1/s1. The Morgan fingerprint density at radius 3 is 2.75 bits per heavy atom. The van der Waals surface area contributed by atoms with Crippen molar-refractivity contribution in [3.63, 3.8) is 0 Å². The lowest BCUT2D eigenvalue weighted by atomic mass is 10.1. The highest BCUT2D eigenvalue weighted by Gasteiger charge is 2.24. The number of hydrogen-bond donors (Lipinski definition) is 1. The monoisotopic (exact) mass is 589 g/mol. The van der Waals surface area contributed by atoms with Crippen molar-refractivity contribution < 1.29 is 19.4 Å². The third kappa shape index (κ3) is 5.11. The van der Waals surface area contributed by atoms with Crippen molar-refractivity contribution in [2.75, 3.05) is 20.1 Å². The maximum absolute atomic E-state index is 12.0. The predicted octanol–water partition coefficient (Wildman–Crippen LogP) is 6.81. The summed E-state index contributed by atoms with van der Waals surface area (Å²) in [5, 5.41) is 11.0. The Kier molecular flexibility index (Phi) is 7.25. The van der Waals surface area contributed by atoms with Crippen molar-refractivity contribution in [1.82, 2.24) is 14.5 Å². The largest absolute Gasteiger partial charge is 0.489 e. The van der Waals surface area contributed by atoms with Gasteiger partial charge >= 0.3 is 5.97 Å². The first kappa shape index (κ1) is 25.1. The predicted molar refractivity (Wildman–Crippen MR) is 145 cm³/mol. The molecule has 5 rings (SSSR count). The van der Waals surface area contributed by atoms with Crippen molar-refractivity contribution in [3.05, 3.63) is 68.7 Å². The number of aromatic nitrogens is 2. The Morgan fingerprint density at radius 1 is 1.22 bits per heavy atom. The number of halogens is 2. The van der Waals surface area contributed by atoms with E-state index in [1.54, 1.807) is 12.4 Å². The number of rotatable bonds is 7. The van der Waals surface area contributed by atoms with Crippen LogP contribution in [0.3, 0.4) is 0 Å². The fourth-order valence-corrected chi connectivity index (χ4v) is 5.93. The van der Waals surface area contributed by atoms with Gasteiger partial charge in [-0.05, 0) is 51.1 Å². The first-order valence-electron chi connectivity index (χ1n) is 11.6. The van der Waals surface area contributed by atoms with Gasteiger partial charge in [0.2, 0.25) is 0 Å². The molecule has 1 aliphatic rings. The van der Waals surface area contributed by atoms with Crippen LogP contribution in [0.4, 0.5) is 0 Å². The molecule has 2 aromatic heterocycles. The molecular weight excluding hydrogens is 566 g/mol. The zero-order chi connectivity index (χ0) is 25.4. The number of hydrogen-bond acceptors (Lipinski definition) is 6. The van der Waals surface area contributed by atoms with E-state index < -0.39 is 12.1 Å². The Morgan fingerprint density at radius 2 is 2.00 bits per heavy atom. The van der Waals surface area contributed by atoms with Crippen molar-refractivity contribution in [2.24, 2.45) is 0 Å². The van der Waals surface area contributed by atoms with Gasteiger partial charge in [-0.1, -0.05) is 39.7 Å². The van der Waals surface area contributed by atoms with Crippen LogP contribution in [0.15, 0.2) is 53.3 Å². The number of carboxylic acids is 1. The average Bonchev–Trinajstić information content (AvgIpc) is 3.45. The van der Waals surface area contributed by atoms with E-state index in [1.165, 1.54) is 0 Å². The van der Waals surface area contributed by atoms with E-state index in [1.807, 2.05) is 47.9 Å². The molecule has 0 amide bonds. The summed E-state index contributed by atoms with van der Waals surface area (Å²) in [5.41, 5.74) is 2.42. The van der Waals surface area contributed by atoms with Gasteiger partial charge in [0.15, 0.2) is 4.88 Å². The summed E-state index contributed by atoms with van der Waals surface area (Å²) >= 11 is 11.3. The second-order valence-electron chi connectivity index (χ2n) is 8.87. The molecule has 0 unspecified atom stereocenters. The van der Waals surface area contributed by atoms with E-state index in [0.717, 1.165) is 58.3 Å². The lowest BCUT2D eigenvalue weighted by Crippen LogP contribution is -2.35. The minimum atomic E-state index is -1.05. The van der Waals surface area contributed by atoms with Crippen LogP contribution in [0.2, 0.25) is 5.02 Å². The number of thiophene rings is 1. The number of aromatic carboxylic acids is 1. The lowest BCUT2D eigenvalue weighted by Gasteiger charge is -2.30. The molecular formula is C26H25BrClN3O4S. The van der Waals surface area contributed by atoms with Crippen LogP contribution >= 0.6 is 38.9 Å². The molecule has 2 aromatic carbocycles. The van der Waals surface area contributed by atoms with Crippen LogP contribution in [0.25, 0.3) is 16.0 Å². The molecule has 0 spiro atoms. The SMILES string of the molecule is C[C@@H](Oc1cc(-n2cnc3cc(Br)ccc32)sc1C(=O)O)c1cccc(OC2CCN(C)CC2)c1Cl. The van der Waals surface area contributed by atoms with Gasteiger partial charge in [-0.3, -0.25) is 4.57 Å². The highest BCUT2D eigenvalue weighted by molar-refractivity contribution is 9.10. The van der Waals surface area contributed by atoms with Crippen molar-refractivity contribution in [2.45, 2.75) is 32.0 Å². The Hall–Kier alpha value is -2.59. The second-order valence-corrected chi connectivity index (χ2v) is 11.2. The van der Waals surface area contributed by atoms with Crippen LogP contribution in [0, 0.1) is 0 Å². The third-order valence-corrected chi connectivity index (χ3v) is 8.32. The van der Waals surface area contributed by atoms with Crippen molar-refractivity contribution >= 4 is 55.9 Å². The molecule has 188 valence electrons. The molecule has 1 N–H and O–H groups in total. The molecule has 1 saturated heterocycles. The maximum Gasteiger partial charge on any atom is 0.349 e. The fraction of sp³-hybridized carbons (Fsp3) is 0.308. The molecule has 7 nitrogen and oxygen atoms in total. The smallest absolute Gasteiger partial charge is 0.349 e. The average molecular weight is 591 g/mol. The number of imidazole rings is 1. The van der Waals surface area contributed by atoms with E-state index in [4.69, 9.17) is 21.1 Å². The molecule has 0 radical (unpaired) electrons. The molecule has 36 heavy (non-hydrogen) atoms. The summed E-state index contributed by atoms with van der Waals surface area (Å²) in [6.45, 7) is 3.83. The van der Waals surface area contributed by atoms with Crippen LogP contribution in [0.1, 0.15) is 41.1 Å². The molecule has 1 atom stereocenters. The highest BCUT2D eigenvalue weighted by atomic mass is 79.9. The third-order valence-electron chi connectivity index (χ3n) is 6.32. The van der Waals surface area contributed by atoms with E-state index in [0.29, 0.717) is 15.8 Å². The van der Waals surface area contributed by atoms with Crippen molar-refractivity contribution in [3.8, 4) is 16.5 Å². The van der Waals surface area contributed by atoms with Gasteiger partial charge in [-0.15, -0.1) is 11.3 Å². The van der Waals surface area contributed by atoms with Gasteiger partial charge in [0.1, 0.15) is 35.0 Å². The Balaban J connectivity index is 1.40. The van der Waals surface area contributed by atoms with Gasteiger partial charge in [0, 0.05) is 29.2 Å². The van der Waals surface area contributed by atoms with Crippen LogP contribution < -0.4 is 9.47 Å². The summed E-state index contributed by atoms with van der Waals surface area (Å²) in [5.74, 6) is -0.141. The molecule has 4 aromatic rings. The second kappa shape index (κ2) is 10.4. The summed E-state index contributed by atoms with van der Waals surface area (Å²) in [6, 6.07) is 13.1. The zero-order valence-corrected chi connectivity index (χ0v) is 22.9. The van der Waals surface area contributed by atoms with Crippen molar-refractivity contribution in [1.29, 1.82) is 0 Å². The Labute approximate surface area is 226 Å². The summed E-state index contributed by atoms with van der Waals surface area (Å²) in [6.07, 6.45) is 3.21. The van der Waals surface area contributed by atoms with E-state index in [2.05, 4.69) is 32.9 Å². The number of ether oxygens (including phenoxy) is 2. The Bertz CT molecular complexity index is 1410. The lowest BCUT2D eigenvalue weighted by molar-refractivity contribution is 0.0695. The number of carbonyl (C=O) groups is 1. The number of nitrogens with zero attached hydrogens (tertiary/aromatic N) is 3. The normalized spacial score (nSPS) is 15.8. The topological polar surface area (TPSA) is 76.8 Å². The van der Waals surface area contributed by atoms with Gasteiger partial charge in [0.05, 0.1) is 16.1 Å². The summed E-state index contributed by atoms with van der Waals surface area (Å²) < 4.78 is 15.2. The molecule has 0 saturated carbocycles. The quantitative estimate of drug-likeness (QED) is 0.255. The number of likely N-dealkylation sites (tertiary alicyclic amines) is 1. The maximum atomic E-state index is 12.0. The number of piperidine rings is 1. The van der Waals surface area contributed by atoms with Crippen LogP contribution in [-0.4, -0.2) is 51.8 Å². The zero-order valence-electron chi connectivity index (χ0n) is 19.8. The summed E-state index contributed by atoms with van der Waals surface area (Å²) in [4.78, 5) is 18.9. The minimum Gasteiger partial charge on any atom is -0.489 e. The molecule has 3 heterocycles. The fourth-order valence-electron chi connectivity index (χ4n) is 4.35. The molecule has 1 aliphatic heterocycles. The number of fused-ring (bicyclic) bond motifs is 1. The van der Waals surface area contributed by atoms with E-state index >= 15 is 0 Å². The minimum absolute atomic E-state index is 0.116. The number of benzene rings is 2. The van der Waals surface area contributed by atoms with Gasteiger partial charge in [-0.25, -0.2) is 9.78 Å². The molecule has 0 bridgehead atoms. The van der Waals surface area contributed by atoms with E-state index in [-0.39, 0.29) is 16.7 Å².